The fraction of sp³-hybridized carbons (Fsp3) is 0.0952. The highest BCUT2D eigenvalue weighted by Crippen LogP contribution is 2.23. The molecule has 8 heteroatoms. The number of hydrogen-bond acceptors (Lipinski definition) is 6. The number of carbonyl (C=O) groups excluding carboxylic acids is 2. The fourth-order valence-electron chi connectivity index (χ4n) is 2.50. The first kappa shape index (κ1) is 19.8. The number of para-hydroxylation sites is 3. The quantitative estimate of drug-likeness (QED) is 0.592. The summed E-state index contributed by atoms with van der Waals surface area (Å²) in [7, 11) is 1.48. The molecule has 0 spiro atoms. The molecule has 2 aromatic carbocycles. The van der Waals surface area contributed by atoms with Crippen LogP contribution in [0.3, 0.4) is 0 Å². The van der Waals surface area contributed by atoms with Gasteiger partial charge in [-0.15, -0.1) is 0 Å². The number of pyridine rings is 1. The number of rotatable bonds is 7. The molecule has 3 rings (SSSR count). The molecule has 0 fully saturated rings. The summed E-state index contributed by atoms with van der Waals surface area (Å²) in [6, 6.07) is 15.9. The van der Waals surface area contributed by atoms with Gasteiger partial charge in [0.25, 0.3) is 5.91 Å². The summed E-state index contributed by atoms with van der Waals surface area (Å²) in [6.07, 6.45) is 1.45. The van der Waals surface area contributed by atoms with Gasteiger partial charge in [-0.05, 0) is 36.4 Å². The molecule has 0 aliphatic rings. The highest BCUT2D eigenvalue weighted by molar-refractivity contribution is 5.98. The minimum atomic E-state index is -0.771. The van der Waals surface area contributed by atoms with Crippen molar-refractivity contribution in [3.8, 4) is 5.75 Å². The van der Waals surface area contributed by atoms with E-state index in [4.69, 9.17) is 9.47 Å². The number of hydrogen-bond donors (Lipinski definition) is 2. The van der Waals surface area contributed by atoms with Gasteiger partial charge >= 0.3 is 5.97 Å². The molecule has 29 heavy (non-hydrogen) atoms. The standard InChI is InChI=1S/C21H18FN3O4/c1-28-18-11-5-4-10-17(18)24-19(26)13-29-21(27)14-7-6-12-23-20(14)25-16-9-3-2-8-15(16)22/h2-12H,13H2,1H3,(H,23,25)(H,24,26). The predicted molar refractivity (Wildman–Crippen MR) is 106 cm³/mol. The molecule has 1 amide bonds. The molecule has 7 nitrogen and oxygen atoms in total. The first-order valence-corrected chi connectivity index (χ1v) is 8.65. The second-order valence-corrected chi connectivity index (χ2v) is 5.83. The highest BCUT2D eigenvalue weighted by Gasteiger charge is 2.17. The van der Waals surface area contributed by atoms with Crippen LogP contribution in [-0.2, 0) is 9.53 Å². The smallest absolute Gasteiger partial charge is 0.342 e. The van der Waals surface area contributed by atoms with Crippen LogP contribution >= 0.6 is 0 Å². The Morgan fingerprint density at radius 1 is 1.00 bits per heavy atom. The molecular formula is C21H18FN3O4. The highest BCUT2D eigenvalue weighted by atomic mass is 19.1. The van der Waals surface area contributed by atoms with Crippen LogP contribution in [0.5, 0.6) is 5.75 Å². The van der Waals surface area contributed by atoms with Crippen molar-refractivity contribution in [2.75, 3.05) is 24.4 Å². The van der Waals surface area contributed by atoms with Crippen molar-refractivity contribution >= 4 is 29.1 Å². The number of aromatic nitrogens is 1. The maximum absolute atomic E-state index is 13.9. The summed E-state index contributed by atoms with van der Waals surface area (Å²) in [4.78, 5) is 28.6. The number of benzene rings is 2. The van der Waals surface area contributed by atoms with Gasteiger partial charge in [0, 0.05) is 6.20 Å². The molecule has 0 atom stereocenters. The molecule has 148 valence electrons. The van der Waals surface area contributed by atoms with E-state index in [1.807, 2.05) is 0 Å². The molecule has 0 saturated heterocycles. The molecule has 0 saturated carbocycles. The topological polar surface area (TPSA) is 89.5 Å². The van der Waals surface area contributed by atoms with Crippen molar-refractivity contribution in [2.45, 2.75) is 0 Å². The Balaban J connectivity index is 1.65. The van der Waals surface area contributed by atoms with E-state index in [0.29, 0.717) is 11.4 Å². The second-order valence-electron chi connectivity index (χ2n) is 5.83. The third-order valence-electron chi connectivity index (χ3n) is 3.87. The number of carbonyl (C=O) groups is 2. The molecule has 0 radical (unpaired) electrons. The first-order valence-electron chi connectivity index (χ1n) is 8.65. The summed E-state index contributed by atoms with van der Waals surface area (Å²) in [5, 5.41) is 5.37. The Morgan fingerprint density at radius 3 is 2.48 bits per heavy atom. The van der Waals surface area contributed by atoms with Gasteiger partial charge in [-0.3, -0.25) is 4.79 Å². The van der Waals surface area contributed by atoms with E-state index >= 15 is 0 Å². The van der Waals surface area contributed by atoms with Crippen LogP contribution in [0.2, 0.25) is 0 Å². The zero-order chi connectivity index (χ0) is 20.6. The predicted octanol–water partition coefficient (Wildman–Crippen LogP) is 3.77. The summed E-state index contributed by atoms with van der Waals surface area (Å²) >= 11 is 0. The van der Waals surface area contributed by atoms with E-state index in [2.05, 4.69) is 15.6 Å². The number of amides is 1. The minimum absolute atomic E-state index is 0.0702. The van der Waals surface area contributed by atoms with Crippen molar-refractivity contribution in [1.29, 1.82) is 0 Å². The molecule has 0 aliphatic carbocycles. The van der Waals surface area contributed by atoms with Crippen molar-refractivity contribution < 1.29 is 23.5 Å². The van der Waals surface area contributed by atoms with Gasteiger partial charge in [-0.25, -0.2) is 14.2 Å². The molecular weight excluding hydrogens is 377 g/mol. The number of esters is 1. The molecule has 3 aromatic rings. The lowest BCUT2D eigenvalue weighted by Crippen LogP contribution is -2.21. The summed E-state index contributed by atoms with van der Waals surface area (Å²) < 4.78 is 24.1. The van der Waals surface area contributed by atoms with Crippen LogP contribution in [0.15, 0.2) is 66.9 Å². The molecule has 0 aliphatic heterocycles. The van der Waals surface area contributed by atoms with Gasteiger partial charge in [-0.1, -0.05) is 24.3 Å². The number of ether oxygens (including phenoxy) is 2. The normalized spacial score (nSPS) is 10.1. The van der Waals surface area contributed by atoms with Crippen LogP contribution in [0.25, 0.3) is 0 Å². The maximum Gasteiger partial charge on any atom is 0.342 e. The minimum Gasteiger partial charge on any atom is -0.495 e. The fourth-order valence-corrected chi connectivity index (χ4v) is 2.50. The number of nitrogens with one attached hydrogen (secondary N) is 2. The van der Waals surface area contributed by atoms with Crippen LogP contribution in [0.4, 0.5) is 21.6 Å². The van der Waals surface area contributed by atoms with Crippen molar-refractivity contribution in [3.05, 3.63) is 78.2 Å². The van der Waals surface area contributed by atoms with Gasteiger partial charge in [0.2, 0.25) is 0 Å². The Labute approximate surface area is 166 Å². The Morgan fingerprint density at radius 2 is 1.72 bits per heavy atom. The Bertz CT molecular complexity index is 1030. The van der Waals surface area contributed by atoms with Gasteiger partial charge in [0.05, 0.1) is 18.5 Å². The Kier molecular flexibility index (Phi) is 6.36. The molecule has 2 N–H and O–H groups in total. The SMILES string of the molecule is COc1ccccc1NC(=O)COC(=O)c1cccnc1Nc1ccccc1F. The van der Waals surface area contributed by atoms with Gasteiger partial charge in [-0.2, -0.15) is 0 Å². The van der Waals surface area contributed by atoms with E-state index in [1.165, 1.54) is 37.6 Å². The average molecular weight is 395 g/mol. The summed E-state index contributed by atoms with van der Waals surface area (Å²) in [5.41, 5.74) is 0.689. The monoisotopic (exact) mass is 395 g/mol. The summed E-state index contributed by atoms with van der Waals surface area (Å²) in [5.74, 6) is -1.19. The third kappa shape index (κ3) is 5.07. The number of halogens is 1. The Hall–Kier alpha value is -3.94. The van der Waals surface area contributed by atoms with Crippen molar-refractivity contribution in [2.24, 2.45) is 0 Å². The van der Waals surface area contributed by atoms with E-state index < -0.39 is 24.3 Å². The largest absolute Gasteiger partial charge is 0.495 e. The van der Waals surface area contributed by atoms with Crippen LogP contribution < -0.4 is 15.4 Å². The van der Waals surface area contributed by atoms with E-state index in [1.54, 1.807) is 36.4 Å². The van der Waals surface area contributed by atoms with Crippen LogP contribution in [-0.4, -0.2) is 30.6 Å². The van der Waals surface area contributed by atoms with Crippen molar-refractivity contribution in [3.63, 3.8) is 0 Å². The van der Waals surface area contributed by atoms with Crippen molar-refractivity contribution in [1.82, 2.24) is 4.98 Å². The number of anilines is 3. The van der Waals surface area contributed by atoms with E-state index in [-0.39, 0.29) is 17.1 Å². The van der Waals surface area contributed by atoms with Crippen LogP contribution in [0.1, 0.15) is 10.4 Å². The second kappa shape index (κ2) is 9.32. The van der Waals surface area contributed by atoms with Crippen LogP contribution in [0, 0.1) is 5.82 Å². The molecule has 0 bridgehead atoms. The lowest BCUT2D eigenvalue weighted by Gasteiger charge is -2.12. The van der Waals surface area contributed by atoms with E-state index in [9.17, 15) is 14.0 Å². The number of nitrogens with zero attached hydrogens (tertiary/aromatic N) is 1. The molecule has 0 unspecified atom stereocenters. The third-order valence-corrected chi connectivity index (χ3v) is 3.87. The summed E-state index contributed by atoms with van der Waals surface area (Å²) in [6.45, 7) is -0.509. The zero-order valence-corrected chi connectivity index (χ0v) is 15.5. The van der Waals surface area contributed by atoms with E-state index in [0.717, 1.165) is 0 Å². The maximum atomic E-state index is 13.9. The van der Waals surface area contributed by atoms with Gasteiger partial charge in [0.15, 0.2) is 6.61 Å². The molecule has 1 heterocycles. The lowest BCUT2D eigenvalue weighted by atomic mass is 10.2. The zero-order valence-electron chi connectivity index (χ0n) is 15.5. The first-order chi connectivity index (χ1) is 14.1. The molecule has 1 aromatic heterocycles. The van der Waals surface area contributed by atoms with Gasteiger partial charge in [0.1, 0.15) is 22.9 Å². The lowest BCUT2D eigenvalue weighted by molar-refractivity contribution is -0.119. The average Bonchev–Trinajstić information content (AvgIpc) is 2.74. The van der Waals surface area contributed by atoms with Gasteiger partial charge < -0.3 is 20.1 Å². The number of methoxy groups -OCH3 is 1.